The third-order valence-corrected chi connectivity index (χ3v) is 6.88. The number of carbonyl (C=O) groups is 3. The lowest BCUT2D eigenvalue weighted by atomic mass is 9.55. The largest absolute Gasteiger partial charge is 0.623 e. The Balaban J connectivity index is 2.13. The zero-order valence-electron chi connectivity index (χ0n) is 18.9. The number of benzene rings is 2. The van der Waals surface area contributed by atoms with Crippen LogP contribution in [0, 0.1) is 11.1 Å². The van der Waals surface area contributed by atoms with E-state index >= 15 is 0 Å². The molecule has 172 valence electrons. The van der Waals surface area contributed by atoms with Crippen molar-refractivity contribution < 1.29 is 28.6 Å². The maximum atomic E-state index is 14.4. The van der Waals surface area contributed by atoms with Crippen LogP contribution in [0.25, 0.3) is 0 Å². The molecule has 4 rings (SSSR count). The van der Waals surface area contributed by atoms with Crippen LogP contribution in [0.5, 0.6) is 0 Å². The van der Waals surface area contributed by atoms with E-state index in [-0.39, 0.29) is 12.1 Å². The topological polar surface area (TPSA) is 95.7 Å². The summed E-state index contributed by atoms with van der Waals surface area (Å²) in [5.41, 5.74) is -2.13. The Morgan fingerprint density at radius 2 is 1.61 bits per heavy atom. The minimum absolute atomic E-state index is 0.0249. The van der Waals surface area contributed by atoms with Crippen molar-refractivity contribution in [1.82, 2.24) is 0 Å². The number of nitrogens with zero attached hydrogens (tertiary/aromatic N) is 1. The van der Waals surface area contributed by atoms with Crippen molar-refractivity contribution in [3.05, 3.63) is 77.0 Å². The molecule has 7 heteroatoms. The van der Waals surface area contributed by atoms with Crippen molar-refractivity contribution in [3.63, 3.8) is 0 Å². The molecule has 0 bridgehead atoms. The lowest BCUT2D eigenvalue weighted by Gasteiger charge is -2.45. The molecule has 33 heavy (non-hydrogen) atoms. The standard InChI is InChI=1S/C26H27NO6/c1-4-5-16-19-22(28)26(17-12-8-6-9-13-17,18-14-10-7-11-15-18)21-20(27(19)31)23(29)33-25(21,2)24(30)32-3/h6-15,20-21H,4-5,16H2,1-3H3/t20-,21+,25+/m0/s1. The van der Waals surface area contributed by atoms with Gasteiger partial charge in [0.1, 0.15) is 11.3 Å². The van der Waals surface area contributed by atoms with E-state index in [0.717, 1.165) is 6.42 Å². The molecule has 2 aliphatic heterocycles. The van der Waals surface area contributed by atoms with E-state index in [0.29, 0.717) is 22.3 Å². The molecule has 0 N–H and O–H groups in total. The fourth-order valence-electron chi connectivity index (χ4n) is 5.42. The highest BCUT2D eigenvalue weighted by atomic mass is 16.6. The molecule has 0 spiro atoms. The number of cyclic esters (lactones) is 1. The van der Waals surface area contributed by atoms with Crippen molar-refractivity contribution in [1.29, 1.82) is 0 Å². The average molecular weight is 450 g/mol. The molecule has 2 aliphatic rings. The lowest BCUT2D eigenvalue weighted by molar-refractivity contribution is -0.500. The van der Waals surface area contributed by atoms with Crippen molar-refractivity contribution >= 4 is 23.4 Å². The highest BCUT2D eigenvalue weighted by Crippen LogP contribution is 2.54. The summed E-state index contributed by atoms with van der Waals surface area (Å²) in [6, 6.07) is 16.6. The Kier molecular flexibility index (Phi) is 5.82. The molecule has 2 aromatic rings. The van der Waals surface area contributed by atoms with E-state index in [1.807, 2.05) is 19.1 Å². The minimum atomic E-state index is -1.84. The zero-order chi connectivity index (χ0) is 23.8. The van der Waals surface area contributed by atoms with Gasteiger partial charge in [-0.25, -0.2) is 9.59 Å². The third-order valence-electron chi connectivity index (χ3n) is 6.88. The fraction of sp³-hybridized carbons (Fsp3) is 0.385. The van der Waals surface area contributed by atoms with E-state index in [1.54, 1.807) is 48.5 Å². The summed E-state index contributed by atoms with van der Waals surface area (Å²) < 4.78 is 11.1. The summed E-state index contributed by atoms with van der Waals surface area (Å²) in [5.74, 6) is -3.19. The number of hydrogen-bond donors (Lipinski definition) is 0. The molecule has 0 aliphatic carbocycles. The predicted octanol–water partition coefficient (Wildman–Crippen LogP) is 3.17. The van der Waals surface area contributed by atoms with Gasteiger partial charge in [-0.3, -0.25) is 4.79 Å². The van der Waals surface area contributed by atoms with Gasteiger partial charge in [-0.1, -0.05) is 74.0 Å². The maximum absolute atomic E-state index is 14.4. The molecule has 0 amide bonds. The van der Waals surface area contributed by atoms with Gasteiger partial charge in [0, 0.05) is 6.42 Å². The Morgan fingerprint density at radius 3 is 2.09 bits per heavy atom. The van der Waals surface area contributed by atoms with E-state index in [4.69, 9.17) is 9.47 Å². The number of ether oxygens (including phenoxy) is 2. The molecule has 1 saturated heterocycles. The highest BCUT2D eigenvalue weighted by Gasteiger charge is 2.75. The van der Waals surface area contributed by atoms with Gasteiger partial charge >= 0.3 is 11.9 Å². The molecule has 1 fully saturated rings. The number of fused-ring (bicyclic) bond motifs is 1. The van der Waals surface area contributed by atoms with Crippen LogP contribution in [0.15, 0.2) is 60.7 Å². The average Bonchev–Trinajstić information content (AvgIpc) is 3.12. The van der Waals surface area contributed by atoms with Gasteiger partial charge in [0.15, 0.2) is 0 Å². The molecule has 2 heterocycles. The number of unbranched alkanes of at least 4 members (excludes halogenated alkanes) is 1. The summed E-state index contributed by atoms with van der Waals surface area (Å²) in [6.07, 6.45) is 1.61. The second-order valence-corrected chi connectivity index (χ2v) is 8.69. The first kappa shape index (κ1) is 22.7. The van der Waals surface area contributed by atoms with E-state index in [9.17, 15) is 19.6 Å². The Bertz CT molecular complexity index is 1070. The molecule has 0 saturated carbocycles. The van der Waals surface area contributed by atoms with Crippen LogP contribution >= 0.6 is 0 Å². The summed E-state index contributed by atoms with van der Waals surface area (Å²) in [7, 11) is 1.19. The van der Waals surface area contributed by atoms with Crippen LogP contribution < -0.4 is 0 Å². The van der Waals surface area contributed by atoms with Crippen LogP contribution in [0.3, 0.4) is 0 Å². The second kappa shape index (κ2) is 8.46. The molecular weight excluding hydrogens is 422 g/mol. The molecule has 0 radical (unpaired) electrons. The van der Waals surface area contributed by atoms with Crippen molar-refractivity contribution in [3.8, 4) is 0 Å². The summed E-state index contributed by atoms with van der Waals surface area (Å²) in [6.45, 7) is 3.39. The third kappa shape index (κ3) is 3.17. The number of esters is 2. The van der Waals surface area contributed by atoms with E-state index in [1.165, 1.54) is 14.0 Å². The van der Waals surface area contributed by atoms with Crippen LogP contribution in [0.2, 0.25) is 0 Å². The van der Waals surface area contributed by atoms with Crippen molar-refractivity contribution in [2.75, 3.05) is 7.11 Å². The number of ketones is 1. The number of hydroxylamine groups is 1. The summed E-state index contributed by atoms with van der Waals surface area (Å²) in [5, 5.41) is 13.5. The smallest absolute Gasteiger partial charge is 0.378 e. The van der Waals surface area contributed by atoms with Crippen molar-refractivity contribution in [2.24, 2.45) is 5.92 Å². The molecule has 2 aromatic carbocycles. The van der Waals surface area contributed by atoms with Crippen LogP contribution in [0.4, 0.5) is 0 Å². The molecule has 0 unspecified atom stereocenters. The number of hydrogen-bond acceptors (Lipinski definition) is 6. The van der Waals surface area contributed by atoms with Gasteiger partial charge in [0.2, 0.25) is 17.1 Å². The summed E-state index contributed by atoms with van der Waals surface area (Å²) in [4.78, 5) is 40.6. The van der Waals surface area contributed by atoms with E-state index < -0.39 is 40.7 Å². The lowest BCUT2D eigenvalue weighted by Crippen LogP contribution is -2.65. The number of methoxy groups -OCH3 is 1. The van der Waals surface area contributed by atoms with Gasteiger partial charge in [-0.2, -0.15) is 4.74 Å². The molecule has 0 aromatic heterocycles. The Labute approximate surface area is 192 Å². The zero-order valence-corrected chi connectivity index (χ0v) is 18.9. The fourth-order valence-corrected chi connectivity index (χ4v) is 5.42. The van der Waals surface area contributed by atoms with Crippen LogP contribution in [0.1, 0.15) is 44.2 Å². The minimum Gasteiger partial charge on any atom is -0.623 e. The van der Waals surface area contributed by atoms with Gasteiger partial charge < -0.3 is 14.7 Å². The monoisotopic (exact) mass is 449 g/mol. The van der Waals surface area contributed by atoms with Gasteiger partial charge in [0.05, 0.1) is 7.11 Å². The number of rotatable bonds is 6. The first-order valence-electron chi connectivity index (χ1n) is 11.1. The van der Waals surface area contributed by atoms with Gasteiger partial charge in [-0.05, 0) is 24.5 Å². The Morgan fingerprint density at radius 1 is 1.06 bits per heavy atom. The first-order valence-corrected chi connectivity index (χ1v) is 11.1. The molecule has 7 nitrogen and oxygen atoms in total. The SMILES string of the molecule is CCCCC1=[N+]([O-])[C@@H]2C(=O)O[C@@](C)(C(=O)OC)[C@@H]2C(c2ccccc2)(c2ccccc2)C1=O. The quantitative estimate of drug-likeness (QED) is 0.382. The van der Waals surface area contributed by atoms with Crippen molar-refractivity contribution in [2.45, 2.75) is 50.2 Å². The maximum Gasteiger partial charge on any atom is 0.378 e. The second-order valence-electron chi connectivity index (χ2n) is 8.69. The van der Waals surface area contributed by atoms with Crippen LogP contribution in [-0.4, -0.2) is 46.9 Å². The molecular formula is C26H27NO6. The first-order chi connectivity index (χ1) is 15.8. The number of Topliss-reactive ketones (excluding diaryl/α,β-unsaturated/α-hetero) is 1. The predicted molar refractivity (Wildman–Crippen MR) is 121 cm³/mol. The normalized spacial score (nSPS) is 26.0. The van der Waals surface area contributed by atoms with Gasteiger partial charge in [0.25, 0.3) is 6.04 Å². The van der Waals surface area contributed by atoms with E-state index in [2.05, 4.69) is 0 Å². The van der Waals surface area contributed by atoms with Crippen LogP contribution in [-0.2, 0) is 29.3 Å². The summed E-state index contributed by atoms with van der Waals surface area (Å²) >= 11 is 0. The molecule has 3 atom stereocenters. The van der Waals surface area contributed by atoms with Gasteiger partial charge in [-0.15, -0.1) is 0 Å². The Hall–Kier alpha value is -3.48. The highest BCUT2D eigenvalue weighted by molar-refractivity contribution is 6.43. The number of carbonyl (C=O) groups excluding carboxylic acids is 3.